The summed E-state index contributed by atoms with van der Waals surface area (Å²) in [7, 11) is 1.94. The molecule has 0 bridgehead atoms. The molecule has 0 saturated carbocycles. The average molecular weight is 284 g/mol. The number of carbonyl (C=O) groups is 1. The van der Waals surface area contributed by atoms with Gasteiger partial charge in [-0.2, -0.15) is 0 Å². The molecule has 0 aliphatic carbocycles. The number of hydrogen-bond donors (Lipinski definition) is 1. The highest BCUT2D eigenvalue weighted by atomic mass is 16.2. The molecule has 0 aromatic heterocycles. The van der Waals surface area contributed by atoms with Crippen LogP contribution in [0.15, 0.2) is 0 Å². The van der Waals surface area contributed by atoms with Crippen LogP contribution in [0, 0.1) is 0 Å². The van der Waals surface area contributed by atoms with E-state index in [-0.39, 0.29) is 11.9 Å². The minimum absolute atomic E-state index is 0.0280. The first kappa shape index (κ1) is 19.4. The Hall–Kier alpha value is -0.570. The molecule has 0 radical (unpaired) electrons. The molecule has 0 aromatic carbocycles. The summed E-state index contributed by atoms with van der Waals surface area (Å²) in [6.07, 6.45) is 10.5. The standard InChI is InChI=1S/C17H36N2O/c1-5-8-11-12-13-16(18-14-9-6-2)17(20)19(4)15-10-7-3/h16,18H,5-15H2,1-4H3. The average Bonchev–Trinajstić information content (AvgIpc) is 2.46. The van der Waals surface area contributed by atoms with Crippen molar-refractivity contribution in [1.82, 2.24) is 10.2 Å². The fourth-order valence-corrected chi connectivity index (χ4v) is 2.31. The molecule has 3 nitrogen and oxygen atoms in total. The fraction of sp³-hybridized carbons (Fsp3) is 0.941. The van der Waals surface area contributed by atoms with E-state index >= 15 is 0 Å². The largest absolute Gasteiger partial charge is 0.344 e. The predicted octanol–water partition coefficient (Wildman–Crippen LogP) is 3.97. The molecule has 1 atom stereocenters. The summed E-state index contributed by atoms with van der Waals surface area (Å²) in [4.78, 5) is 14.4. The summed E-state index contributed by atoms with van der Waals surface area (Å²) in [5.41, 5.74) is 0. The van der Waals surface area contributed by atoms with Crippen molar-refractivity contribution in [2.75, 3.05) is 20.1 Å². The highest BCUT2D eigenvalue weighted by Crippen LogP contribution is 2.08. The first-order chi connectivity index (χ1) is 9.67. The Morgan fingerprint density at radius 2 is 1.60 bits per heavy atom. The molecule has 1 unspecified atom stereocenters. The molecule has 1 amide bonds. The van der Waals surface area contributed by atoms with E-state index in [1.807, 2.05) is 11.9 Å². The molecule has 0 fully saturated rings. The van der Waals surface area contributed by atoms with Gasteiger partial charge in [0.05, 0.1) is 6.04 Å². The zero-order chi connectivity index (χ0) is 15.2. The van der Waals surface area contributed by atoms with Crippen LogP contribution in [0.1, 0.15) is 78.6 Å². The highest BCUT2D eigenvalue weighted by molar-refractivity contribution is 5.81. The normalized spacial score (nSPS) is 12.4. The fourth-order valence-electron chi connectivity index (χ4n) is 2.31. The van der Waals surface area contributed by atoms with E-state index < -0.39 is 0 Å². The predicted molar refractivity (Wildman–Crippen MR) is 88.0 cm³/mol. The Labute approximate surface area is 126 Å². The summed E-state index contributed by atoms with van der Waals surface area (Å²) in [6.45, 7) is 8.42. The highest BCUT2D eigenvalue weighted by Gasteiger charge is 2.20. The molecule has 1 N–H and O–H groups in total. The van der Waals surface area contributed by atoms with Crippen LogP contribution in [-0.4, -0.2) is 37.0 Å². The van der Waals surface area contributed by atoms with Gasteiger partial charge < -0.3 is 10.2 Å². The number of likely N-dealkylation sites (N-methyl/N-ethyl adjacent to an activating group) is 1. The topological polar surface area (TPSA) is 32.3 Å². The zero-order valence-electron chi connectivity index (χ0n) is 14.2. The van der Waals surface area contributed by atoms with Crippen LogP contribution in [0.3, 0.4) is 0 Å². The van der Waals surface area contributed by atoms with E-state index in [4.69, 9.17) is 0 Å². The van der Waals surface area contributed by atoms with Crippen LogP contribution >= 0.6 is 0 Å². The Morgan fingerprint density at radius 3 is 2.20 bits per heavy atom. The van der Waals surface area contributed by atoms with Gasteiger partial charge in [-0.25, -0.2) is 0 Å². The van der Waals surface area contributed by atoms with E-state index in [0.29, 0.717) is 0 Å². The first-order valence-electron chi connectivity index (χ1n) is 8.65. The van der Waals surface area contributed by atoms with Gasteiger partial charge in [0, 0.05) is 13.6 Å². The number of rotatable bonds is 13. The van der Waals surface area contributed by atoms with Gasteiger partial charge in [0.15, 0.2) is 0 Å². The van der Waals surface area contributed by atoms with Crippen molar-refractivity contribution in [2.24, 2.45) is 0 Å². The summed E-state index contributed by atoms with van der Waals surface area (Å²) < 4.78 is 0. The molecule has 0 aliphatic rings. The zero-order valence-corrected chi connectivity index (χ0v) is 14.2. The third-order valence-electron chi connectivity index (χ3n) is 3.79. The van der Waals surface area contributed by atoms with Crippen LogP contribution in [0.25, 0.3) is 0 Å². The second-order valence-corrected chi connectivity index (χ2v) is 5.82. The number of hydrogen-bond acceptors (Lipinski definition) is 2. The summed E-state index contributed by atoms with van der Waals surface area (Å²) in [5.74, 6) is 0.283. The second kappa shape index (κ2) is 13.4. The second-order valence-electron chi connectivity index (χ2n) is 5.82. The summed E-state index contributed by atoms with van der Waals surface area (Å²) in [5, 5.41) is 3.46. The lowest BCUT2D eigenvalue weighted by Crippen LogP contribution is -2.45. The summed E-state index contributed by atoms with van der Waals surface area (Å²) in [6, 6.07) is 0.0280. The van der Waals surface area contributed by atoms with Gasteiger partial charge in [0.2, 0.25) is 5.91 Å². The van der Waals surface area contributed by atoms with Gasteiger partial charge >= 0.3 is 0 Å². The van der Waals surface area contributed by atoms with Gasteiger partial charge in [-0.1, -0.05) is 59.3 Å². The molecular formula is C17H36N2O. The van der Waals surface area contributed by atoms with Crippen molar-refractivity contribution >= 4 is 5.91 Å². The molecule has 3 heteroatoms. The van der Waals surface area contributed by atoms with Gasteiger partial charge in [0.25, 0.3) is 0 Å². The maximum atomic E-state index is 12.5. The number of unbranched alkanes of at least 4 members (excludes halogenated alkanes) is 5. The number of carbonyl (C=O) groups excluding carboxylic acids is 1. The minimum atomic E-state index is 0.0280. The number of amides is 1. The van der Waals surface area contributed by atoms with Crippen molar-refractivity contribution in [2.45, 2.75) is 84.6 Å². The van der Waals surface area contributed by atoms with Crippen LogP contribution in [0.5, 0.6) is 0 Å². The monoisotopic (exact) mass is 284 g/mol. The smallest absolute Gasteiger partial charge is 0.239 e. The Morgan fingerprint density at radius 1 is 0.950 bits per heavy atom. The van der Waals surface area contributed by atoms with Gasteiger partial charge in [-0.15, -0.1) is 0 Å². The third kappa shape index (κ3) is 9.35. The Kier molecular flexibility index (Phi) is 13.0. The lowest BCUT2D eigenvalue weighted by atomic mass is 10.1. The third-order valence-corrected chi connectivity index (χ3v) is 3.79. The molecule has 0 saturated heterocycles. The van der Waals surface area contributed by atoms with Crippen molar-refractivity contribution in [1.29, 1.82) is 0 Å². The van der Waals surface area contributed by atoms with E-state index in [9.17, 15) is 4.79 Å². The lowest BCUT2D eigenvalue weighted by Gasteiger charge is -2.24. The lowest BCUT2D eigenvalue weighted by molar-refractivity contribution is -0.132. The molecule has 120 valence electrons. The van der Waals surface area contributed by atoms with E-state index in [0.717, 1.165) is 45.2 Å². The van der Waals surface area contributed by atoms with Crippen LogP contribution < -0.4 is 5.32 Å². The van der Waals surface area contributed by atoms with E-state index in [1.165, 1.54) is 25.7 Å². The maximum absolute atomic E-state index is 12.5. The Balaban J connectivity index is 4.21. The molecule has 0 aromatic rings. The SMILES string of the molecule is CCCCCCC(NCCCC)C(=O)N(C)CCCC. The van der Waals surface area contributed by atoms with Gasteiger partial charge in [-0.05, 0) is 25.8 Å². The first-order valence-corrected chi connectivity index (χ1v) is 8.65. The number of nitrogens with one attached hydrogen (secondary N) is 1. The van der Waals surface area contributed by atoms with Crippen molar-refractivity contribution < 1.29 is 4.79 Å². The molecule has 0 heterocycles. The Bertz CT molecular complexity index is 231. The van der Waals surface area contributed by atoms with Gasteiger partial charge in [-0.3, -0.25) is 4.79 Å². The minimum Gasteiger partial charge on any atom is -0.344 e. The quantitative estimate of drug-likeness (QED) is 0.519. The van der Waals surface area contributed by atoms with Gasteiger partial charge in [0.1, 0.15) is 0 Å². The number of nitrogens with zero attached hydrogens (tertiary/aromatic N) is 1. The van der Waals surface area contributed by atoms with Crippen molar-refractivity contribution in [3.63, 3.8) is 0 Å². The summed E-state index contributed by atoms with van der Waals surface area (Å²) >= 11 is 0. The molecule has 0 aliphatic heterocycles. The van der Waals surface area contributed by atoms with Crippen LogP contribution in [-0.2, 0) is 4.79 Å². The molecule has 0 rings (SSSR count). The molecule has 20 heavy (non-hydrogen) atoms. The van der Waals surface area contributed by atoms with E-state index in [1.54, 1.807) is 0 Å². The molecular weight excluding hydrogens is 248 g/mol. The van der Waals surface area contributed by atoms with E-state index in [2.05, 4.69) is 26.1 Å². The van der Waals surface area contributed by atoms with Crippen LogP contribution in [0.4, 0.5) is 0 Å². The van der Waals surface area contributed by atoms with Crippen molar-refractivity contribution in [3.05, 3.63) is 0 Å². The maximum Gasteiger partial charge on any atom is 0.239 e. The van der Waals surface area contributed by atoms with Crippen LogP contribution in [0.2, 0.25) is 0 Å². The van der Waals surface area contributed by atoms with Crippen molar-refractivity contribution in [3.8, 4) is 0 Å². The molecule has 0 spiro atoms.